The van der Waals surface area contributed by atoms with Gasteiger partial charge in [-0.1, -0.05) is 20.8 Å². The average Bonchev–Trinajstić information content (AvgIpc) is 2.45. The Morgan fingerprint density at radius 3 is 2.53 bits per heavy atom. The summed E-state index contributed by atoms with van der Waals surface area (Å²) in [6, 6.07) is -0.315. The van der Waals surface area contributed by atoms with Crippen molar-refractivity contribution in [1.82, 2.24) is 4.90 Å². The van der Waals surface area contributed by atoms with Crippen LogP contribution in [0.4, 0.5) is 4.79 Å². The predicted molar refractivity (Wildman–Crippen MR) is 53.5 cm³/mol. The quantitative estimate of drug-likeness (QED) is 0.771. The highest BCUT2D eigenvalue weighted by atomic mass is 16.6. The third-order valence-corrected chi connectivity index (χ3v) is 2.54. The van der Waals surface area contributed by atoms with Gasteiger partial charge in [-0.3, -0.25) is 4.79 Å². The maximum absolute atomic E-state index is 11.4. The monoisotopic (exact) mass is 215 g/mol. The Labute approximate surface area is 89.0 Å². The van der Waals surface area contributed by atoms with E-state index in [0.29, 0.717) is 13.2 Å². The van der Waals surface area contributed by atoms with Crippen LogP contribution in [0.25, 0.3) is 0 Å². The summed E-state index contributed by atoms with van der Waals surface area (Å²) in [6.45, 7) is 6.60. The van der Waals surface area contributed by atoms with E-state index in [1.54, 1.807) is 0 Å². The number of aliphatic carboxylic acids is 1. The van der Waals surface area contributed by atoms with E-state index in [-0.39, 0.29) is 17.9 Å². The molecule has 0 aliphatic carbocycles. The van der Waals surface area contributed by atoms with E-state index in [0.717, 1.165) is 0 Å². The highest BCUT2D eigenvalue weighted by Crippen LogP contribution is 2.28. The number of ether oxygens (including phenoxy) is 1. The van der Waals surface area contributed by atoms with Gasteiger partial charge in [0.15, 0.2) is 0 Å². The predicted octanol–water partition coefficient (Wildman–Crippen LogP) is 1.33. The third kappa shape index (κ3) is 2.84. The number of carbonyl (C=O) groups is 2. The lowest BCUT2D eigenvalue weighted by Crippen LogP contribution is -2.45. The minimum absolute atomic E-state index is 0.0431. The fourth-order valence-corrected chi connectivity index (χ4v) is 1.74. The number of carboxylic acids is 1. The van der Waals surface area contributed by atoms with E-state index in [4.69, 9.17) is 9.84 Å². The highest BCUT2D eigenvalue weighted by Gasteiger charge is 2.38. The van der Waals surface area contributed by atoms with Crippen LogP contribution in [0.15, 0.2) is 0 Å². The second-order valence-electron chi connectivity index (χ2n) is 4.79. The van der Waals surface area contributed by atoms with Crippen LogP contribution >= 0.6 is 0 Å². The second kappa shape index (κ2) is 4.08. The summed E-state index contributed by atoms with van der Waals surface area (Å²) in [5.41, 5.74) is -0.262. The van der Waals surface area contributed by atoms with Gasteiger partial charge in [-0.25, -0.2) is 4.79 Å². The molecule has 0 radical (unpaired) electrons. The zero-order valence-electron chi connectivity index (χ0n) is 9.32. The van der Waals surface area contributed by atoms with Gasteiger partial charge >= 0.3 is 12.1 Å². The molecule has 1 amide bonds. The number of carboxylic acid groups (broad SMARTS) is 1. The Hall–Kier alpha value is -1.26. The van der Waals surface area contributed by atoms with Gasteiger partial charge in [0.05, 0.1) is 19.0 Å². The van der Waals surface area contributed by atoms with Gasteiger partial charge in [0.2, 0.25) is 0 Å². The molecule has 0 bridgehead atoms. The van der Waals surface area contributed by atoms with Crippen LogP contribution in [0.2, 0.25) is 0 Å². The summed E-state index contributed by atoms with van der Waals surface area (Å²) in [5.74, 6) is -0.894. The third-order valence-electron chi connectivity index (χ3n) is 2.54. The molecule has 5 heteroatoms. The van der Waals surface area contributed by atoms with Crippen molar-refractivity contribution in [2.75, 3.05) is 13.2 Å². The van der Waals surface area contributed by atoms with Crippen molar-refractivity contribution < 1.29 is 19.4 Å². The zero-order valence-corrected chi connectivity index (χ0v) is 9.32. The first kappa shape index (κ1) is 11.8. The summed E-state index contributed by atoms with van der Waals surface area (Å²) >= 11 is 0. The number of carbonyl (C=O) groups excluding carboxylic acids is 1. The standard InChI is InChI=1S/C10H17NO4/c1-10(2,3)7(6-8(12)13)11-4-5-15-9(11)14/h7H,4-6H2,1-3H3,(H,12,13). The van der Waals surface area contributed by atoms with E-state index in [1.807, 2.05) is 20.8 Å². The molecule has 0 saturated carbocycles. The fraction of sp³-hybridized carbons (Fsp3) is 0.800. The molecule has 0 aromatic carbocycles. The largest absolute Gasteiger partial charge is 0.481 e. The van der Waals surface area contributed by atoms with Crippen molar-refractivity contribution in [3.05, 3.63) is 0 Å². The summed E-state index contributed by atoms with van der Waals surface area (Å²) in [5, 5.41) is 8.82. The lowest BCUT2D eigenvalue weighted by molar-refractivity contribution is -0.139. The maximum Gasteiger partial charge on any atom is 0.410 e. The number of nitrogens with zero attached hydrogens (tertiary/aromatic N) is 1. The Morgan fingerprint density at radius 1 is 1.60 bits per heavy atom. The first-order chi connectivity index (χ1) is 6.82. The minimum Gasteiger partial charge on any atom is -0.481 e. The highest BCUT2D eigenvalue weighted by molar-refractivity contribution is 5.72. The molecule has 1 rings (SSSR count). The van der Waals surface area contributed by atoms with Crippen molar-refractivity contribution >= 4 is 12.1 Å². The molecule has 1 aliphatic heterocycles. The molecule has 1 N–H and O–H groups in total. The van der Waals surface area contributed by atoms with Crippen LogP contribution in [0.1, 0.15) is 27.2 Å². The minimum atomic E-state index is -0.894. The smallest absolute Gasteiger partial charge is 0.410 e. The Bertz CT molecular complexity index is 269. The van der Waals surface area contributed by atoms with E-state index in [2.05, 4.69) is 0 Å². The molecule has 1 fully saturated rings. The van der Waals surface area contributed by atoms with Crippen LogP contribution in [0, 0.1) is 5.41 Å². The molecular weight excluding hydrogens is 198 g/mol. The molecule has 0 aromatic rings. The number of cyclic esters (lactones) is 1. The molecule has 1 aliphatic rings. The van der Waals surface area contributed by atoms with Crippen molar-refractivity contribution in [1.29, 1.82) is 0 Å². The topological polar surface area (TPSA) is 66.8 Å². The second-order valence-corrected chi connectivity index (χ2v) is 4.79. The van der Waals surface area contributed by atoms with Crippen LogP contribution < -0.4 is 0 Å². The molecular formula is C10H17NO4. The molecule has 1 atom stereocenters. The fourth-order valence-electron chi connectivity index (χ4n) is 1.74. The normalized spacial score (nSPS) is 18.9. The first-order valence-electron chi connectivity index (χ1n) is 4.97. The van der Waals surface area contributed by atoms with Gasteiger partial charge < -0.3 is 14.7 Å². The zero-order chi connectivity index (χ0) is 11.6. The van der Waals surface area contributed by atoms with E-state index in [1.165, 1.54) is 4.90 Å². The number of amides is 1. The molecule has 5 nitrogen and oxygen atoms in total. The van der Waals surface area contributed by atoms with Gasteiger partial charge in [-0.15, -0.1) is 0 Å². The van der Waals surface area contributed by atoms with Gasteiger partial charge in [0, 0.05) is 0 Å². The lowest BCUT2D eigenvalue weighted by atomic mass is 9.84. The maximum atomic E-state index is 11.4. The molecule has 86 valence electrons. The SMILES string of the molecule is CC(C)(C)C(CC(=O)O)N1CCOC1=O. The molecule has 15 heavy (non-hydrogen) atoms. The van der Waals surface area contributed by atoms with Crippen LogP contribution in [0.5, 0.6) is 0 Å². The van der Waals surface area contributed by atoms with E-state index < -0.39 is 12.1 Å². The first-order valence-corrected chi connectivity index (χ1v) is 4.97. The van der Waals surface area contributed by atoms with Crippen molar-refractivity contribution in [2.24, 2.45) is 5.41 Å². The van der Waals surface area contributed by atoms with Gasteiger partial charge in [-0.2, -0.15) is 0 Å². The molecule has 0 spiro atoms. The van der Waals surface area contributed by atoms with Gasteiger partial charge in [0.25, 0.3) is 0 Å². The molecule has 0 aromatic heterocycles. The number of hydrogen-bond acceptors (Lipinski definition) is 3. The van der Waals surface area contributed by atoms with Crippen LogP contribution in [-0.2, 0) is 9.53 Å². The molecule has 1 heterocycles. The molecule has 1 saturated heterocycles. The van der Waals surface area contributed by atoms with Crippen molar-refractivity contribution in [3.63, 3.8) is 0 Å². The summed E-state index contributed by atoms with van der Waals surface area (Å²) < 4.78 is 4.82. The summed E-state index contributed by atoms with van der Waals surface area (Å²) in [6.07, 6.45) is -0.449. The van der Waals surface area contributed by atoms with Gasteiger partial charge in [-0.05, 0) is 5.41 Å². The van der Waals surface area contributed by atoms with Gasteiger partial charge in [0.1, 0.15) is 6.61 Å². The van der Waals surface area contributed by atoms with Crippen molar-refractivity contribution in [2.45, 2.75) is 33.2 Å². The Kier molecular flexibility index (Phi) is 3.21. The lowest BCUT2D eigenvalue weighted by Gasteiger charge is -2.35. The van der Waals surface area contributed by atoms with Crippen molar-refractivity contribution in [3.8, 4) is 0 Å². The van der Waals surface area contributed by atoms with E-state index in [9.17, 15) is 9.59 Å². The van der Waals surface area contributed by atoms with Crippen LogP contribution in [-0.4, -0.2) is 41.3 Å². The van der Waals surface area contributed by atoms with Crippen LogP contribution in [0.3, 0.4) is 0 Å². The average molecular weight is 215 g/mol. The Balaban J connectivity index is 2.80. The van der Waals surface area contributed by atoms with E-state index >= 15 is 0 Å². The number of rotatable bonds is 3. The summed E-state index contributed by atoms with van der Waals surface area (Å²) in [4.78, 5) is 23.6. The summed E-state index contributed by atoms with van der Waals surface area (Å²) in [7, 11) is 0. The molecule has 1 unspecified atom stereocenters. The number of hydrogen-bond donors (Lipinski definition) is 1. The Morgan fingerprint density at radius 2 is 2.20 bits per heavy atom.